The zero-order chi connectivity index (χ0) is 24.1. The number of hydrogen-bond donors (Lipinski definition) is 2. The Balaban J connectivity index is 1.39. The lowest BCUT2D eigenvalue weighted by Gasteiger charge is -2.32. The molecule has 10 heteroatoms. The SMILES string of the molecule is CNc1ncc(-c2nc3ccc(N4CCO[C@@H](C)C4)cn3n2)c2cc(NC(=O)[C@@H]3C[C@@H]3C)ncc12. The van der Waals surface area contributed by atoms with Crippen LogP contribution in [0.4, 0.5) is 17.3 Å². The van der Waals surface area contributed by atoms with Gasteiger partial charge >= 0.3 is 0 Å². The van der Waals surface area contributed by atoms with Crippen molar-refractivity contribution in [3.8, 4) is 11.4 Å². The molecule has 35 heavy (non-hydrogen) atoms. The normalized spacial score (nSPS) is 21.9. The van der Waals surface area contributed by atoms with E-state index in [2.05, 4.69) is 45.4 Å². The molecule has 10 nitrogen and oxygen atoms in total. The first-order chi connectivity index (χ1) is 17.0. The molecule has 2 N–H and O–H groups in total. The maximum absolute atomic E-state index is 12.5. The lowest BCUT2D eigenvalue weighted by atomic mass is 10.1. The maximum atomic E-state index is 12.5. The molecule has 0 spiro atoms. The highest BCUT2D eigenvalue weighted by Gasteiger charge is 2.39. The van der Waals surface area contributed by atoms with Crippen molar-refractivity contribution >= 4 is 39.6 Å². The molecule has 180 valence electrons. The summed E-state index contributed by atoms with van der Waals surface area (Å²) in [4.78, 5) is 28.6. The Morgan fingerprint density at radius 2 is 2.03 bits per heavy atom. The van der Waals surface area contributed by atoms with Crippen molar-refractivity contribution < 1.29 is 9.53 Å². The van der Waals surface area contributed by atoms with Crippen LogP contribution in [-0.4, -0.2) is 63.3 Å². The average Bonchev–Trinajstić information content (AvgIpc) is 3.45. The first-order valence-electron chi connectivity index (χ1n) is 12.0. The molecule has 1 saturated heterocycles. The van der Waals surface area contributed by atoms with Crippen LogP contribution in [0.15, 0.2) is 36.8 Å². The number of hydrogen-bond acceptors (Lipinski definition) is 8. The number of nitrogens with one attached hydrogen (secondary N) is 2. The summed E-state index contributed by atoms with van der Waals surface area (Å²) >= 11 is 0. The van der Waals surface area contributed by atoms with E-state index in [0.717, 1.165) is 47.2 Å². The smallest absolute Gasteiger partial charge is 0.228 e. The molecule has 0 bridgehead atoms. The van der Waals surface area contributed by atoms with Gasteiger partial charge in [-0.1, -0.05) is 6.92 Å². The van der Waals surface area contributed by atoms with Gasteiger partial charge < -0.3 is 20.3 Å². The first kappa shape index (κ1) is 21.7. The standard InChI is InChI=1S/C25H28N8O2/c1-14-8-17(14)25(34)29-21-9-18-19(10-27-21)23(26-3)28-11-20(18)24-30-22-5-4-16(13-33(22)31-24)32-6-7-35-15(2)12-32/h4-5,9-11,13-15,17H,6-8,12H2,1-3H3,(H,26,28)(H,27,29,34)/t14-,15-,17+/m0/s1. The number of anilines is 3. The van der Waals surface area contributed by atoms with E-state index < -0.39 is 0 Å². The molecule has 0 unspecified atom stereocenters. The molecule has 0 aromatic carbocycles. The van der Waals surface area contributed by atoms with Gasteiger partial charge in [0, 0.05) is 54.8 Å². The average molecular weight is 473 g/mol. The largest absolute Gasteiger partial charge is 0.375 e. The van der Waals surface area contributed by atoms with Gasteiger partial charge in [-0.2, -0.15) is 0 Å². The topological polar surface area (TPSA) is 110 Å². The summed E-state index contributed by atoms with van der Waals surface area (Å²) in [5.74, 6) is 2.31. The third-order valence-electron chi connectivity index (χ3n) is 6.87. The van der Waals surface area contributed by atoms with E-state index in [9.17, 15) is 4.79 Å². The fourth-order valence-corrected chi connectivity index (χ4v) is 4.71. The minimum Gasteiger partial charge on any atom is -0.375 e. The number of pyridine rings is 3. The second-order valence-electron chi connectivity index (χ2n) is 9.45. The number of ether oxygens (including phenoxy) is 1. The fourth-order valence-electron chi connectivity index (χ4n) is 4.71. The lowest BCUT2D eigenvalue weighted by Crippen LogP contribution is -2.41. The van der Waals surface area contributed by atoms with Crippen LogP contribution in [-0.2, 0) is 9.53 Å². The van der Waals surface area contributed by atoms with Gasteiger partial charge in [0.05, 0.1) is 24.6 Å². The monoisotopic (exact) mass is 472 g/mol. The molecule has 4 aromatic heterocycles. The van der Waals surface area contributed by atoms with Crippen molar-refractivity contribution in [1.82, 2.24) is 24.6 Å². The third kappa shape index (κ3) is 4.03. The summed E-state index contributed by atoms with van der Waals surface area (Å²) < 4.78 is 7.48. The summed E-state index contributed by atoms with van der Waals surface area (Å²) in [7, 11) is 1.82. The molecule has 3 atom stereocenters. The number of aromatic nitrogens is 5. The van der Waals surface area contributed by atoms with Gasteiger partial charge in [-0.25, -0.2) is 19.5 Å². The van der Waals surface area contributed by atoms with Gasteiger partial charge in [0.25, 0.3) is 0 Å². The highest BCUT2D eigenvalue weighted by molar-refractivity contribution is 6.03. The third-order valence-corrected chi connectivity index (χ3v) is 6.87. The van der Waals surface area contributed by atoms with E-state index in [-0.39, 0.29) is 17.9 Å². The predicted molar refractivity (Wildman–Crippen MR) is 135 cm³/mol. The van der Waals surface area contributed by atoms with Crippen LogP contribution in [0.3, 0.4) is 0 Å². The molecular formula is C25H28N8O2. The Kier molecular flexibility index (Phi) is 5.25. The van der Waals surface area contributed by atoms with Crippen LogP contribution < -0.4 is 15.5 Å². The van der Waals surface area contributed by atoms with Crippen LogP contribution in [0, 0.1) is 11.8 Å². The van der Waals surface area contributed by atoms with Gasteiger partial charge in [0.15, 0.2) is 11.5 Å². The number of nitrogens with zero attached hydrogens (tertiary/aromatic N) is 6. The second-order valence-corrected chi connectivity index (χ2v) is 9.45. The fraction of sp³-hybridized carbons (Fsp3) is 0.400. The van der Waals surface area contributed by atoms with E-state index in [1.165, 1.54) is 0 Å². The lowest BCUT2D eigenvalue weighted by molar-refractivity contribution is -0.117. The van der Waals surface area contributed by atoms with E-state index in [1.54, 1.807) is 16.9 Å². The van der Waals surface area contributed by atoms with Gasteiger partial charge in [-0.05, 0) is 37.5 Å². The van der Waals surface area contributed by atoms with Crippen molar-refractivity contribution in [3.63, 3.8) is 0 Å². The number of amides is 1. The highest BCUT2D eigenvalue weighted by atomic mass is 16.5. The Bertz CT molecular complexity index is 1430. The van der Waals surface area contributed by atoms with E-state index in [1.807, 2.05) is 25.4 Å². The summed E-state index contributed by atoms with van der Waals surface area (Å²) in [5, 5.41) is 12.6. The zero-order valence-corrected chi connectivity index (χ0v) is 20.0. The van der Waals surface area contributed by atoms with Gasteiger partial charge in [0.1, 0.15) is 11.6 Å². The molecule has 5 heterocycles. The Morgan fingerprint density at radius 1 is 1.17 bits per heavy atom. The van der Waals surface area contributed by atoms with Crippen molar-refractivity contribution in [2.75, 3.05) is 42.3 Å². The summed E-state index contributed by atoms with van der Waals surface area (Å²) in [6.45, 7) is 6.57. The second kappa shape index (κ2) is 8.46. The summed E-state index contributed by atoms with van der Waals surface area (Å²) in [6.07, 6.45) is 6.62. The highest BCUT2D eigenvalue weighted by Crippen LogP contribution is 2.39. The zero-order valence-electron chi connectivity index (χ0n) is 20.0. The van der Waals surface area contributed by atoms with E-state index in [4.69, 9.17) is 14.8 Å². The molecule has 1 aliphatic carbocycles. The molecule has 0 radical (unpaired) electrons. The molecule has 2 aliphatic rings. The van der Waals surface area contributed by atoms with E-state index >= 15 is 0 Å². The van der Waals surface area contributed by atoms with Crippen molar-refractivity contribution in [2.45, 2.75) is 26.4 Å². The van der Waals surface area contributed by atoms with Crippen molar-refractivity contribution in [2.24, 2.45) is 11.8 Å². The van der Waals surface area contributed by atoms with E-state index in [0.29, 0.717) is 30.0 Å². The maximum Gasteiger partial charge on any atom is 0.228 e. The quantitative estimate of drug-likeness (QED) is 0.456. The number of morpholine rings is 1. The van der Waals surface area contributed by atoms with Crippen LogP contribution in [0.1, 0.15) is 20.3 Å². The van der Waals surface area contributed by atoms with Crippen LogP contribution in [0.5, 0.6) is 0 Å². The molecule has 1 amide bonds. The molecule has 1 saturated carbocycles. The number of carbonyl (C=O) groups excluding carboxylic acids is 1. The molecular weight excluding hydrogens is 444 g/mol. The molecule has 2 fully saturated rings. The minimum atomic E-state index is 0.0182. The molecule has 1 aliphatic heterocycles. The summed E-state index contributed by atoms with van der Waals surface area (Å²) in [6, 6.07) is 5.93. The molecule has 4 aromatic rings. The van der Waals surface area contributed by atoms with Gasteiger partial charge in [-0.15, -0.1) is 5.10 Å². The Hall–Kier alpha value is -3.79. The van der Waals surface area contributed by atoms with Gasteiger partial charge in [-0.3, -0.25) is 4.79 Å². The van der Waals surface area contributed by atoms with Crippen LogP contribution >= 0.6 is 0 Å². The Labute approximate surface area is 202 Å². The number of rotatable bonds is 5. The predicted octanol–water partition coefficient (Wildman–Crippen LogP) is 3.20. The van der Waals surface area contributed by atoms with Crippen LogP contribution in [0.2, 0.25) is 0 Å². The van der Waals surface area contributed by atoms with Crippen molar-refractivity contribution in [1.29, 1.82) is 0 Å². The minimum absolute atomic E-state index is 0.0182. The van der Waals surface area contributed by atoms with Crippen molar-refractivity contribution in [3.05, 3.63) is 36.8 Å². The van der Waals surface area contributed by atoms with Gasteiger partial charge in [0.2, 0.25) is 5.91 Å². The summed E-state index contributed by atoms with van der Waals surface area (Å²) in [5.41, 5.74) is 2.62. The molecule has 6 rings (SSSR count). The first-order valence-corrected chi connectivity index (χ1v) is 12.0. The van der Waals surface area contributed by atoms with Crippen LogP contribution in [0.25, 0.3) is 27.8 Å². The number of fused-ring (bicyclic) bond motifs is 2. The number of carbonyl (C=O) groups is 1. The Morgan fingerprint density at radius 3 is 2.80 bits per heavy atom.